The van der Waals surface area contributed by atoms with Crippen LogP contribution in [0.5, 0.6) is 5.75 Å². The largest absolute Gasteiger partial charge is 0.495 e. The van der Waals surface area contributed by atoms with E-state index in [4.69, 9.17) is 4.74 Å². The molecule has 0 saturated carbocycles. The van der Waals surface area contributed by atoms with Gasteiger partial charge in [0.1, 0.15) is 5.75 Å². The van der Waals surface area contributed by atoms with E-state index in [9.17, 15) is 9.59 Å². The van der Waals surface area contributed by atoms with E-state index in [1.807, 2.05) is 24.1 Å². The number of hydrogen-bond acceptors (Lipinski definition) is 5. The molecule has 0 aliphatic carbocycles. The number of nitrogens with zero attached hydrogens (tertiary/aromatic N) is 2. The lowest BCUT2D eigenvalue weighted by Gasteiger charge is -2.14. The molecule has 0 aromatic heterocycles. The summed E-state index contributed by atoms with van der Waals surface area (Å²) in [7, 11) is 3.07. The van der Waals surface area contributed by atoms with E-state index in [0.717, 1.165) is 24.4 Å². The highest BCUT2D eigenvalue weighted by Gasteiger charge is 2.15. The van der Waals surface area contributed by atoms with Gasteiger partial charge in [-0.2, -0.15) is 5.10 Å². The molecule has 0 atom stereocenters. The SMILES string of the molecule is CNC(=O)c1ccc(OC)c(NC(=O)c2ccc(N3CCC(C)=N3)cc2)c1. The third-order valence-electron chi connectivity index (χ3n) is 4.34. The van der Waals surface area contributed by atoms with Gasteiger partial charge in [-0.1, -0.05) is 0 Å². The molecule has 0 spiro atoms. The fraction of sp³-hybridized carbons (Fsp3) is 0.250. The number of amides is 2. The molecule has 0 unspecified atom stereocenters. The summed E-state index contributed by atoms with van der Waals surface area (Å²) in [4.78, 5) is 24.4. The van der Waals surface area contributed by atoms with Crippen molar-refractivity contribution in [2.75, 3.05) is 31.0 Å². The van der Waals surface area contributed by atoms with Gasteiger partial charge in [0, 0.05) is 36.9 Å². The fourth-order valence-electron chi connectivity index (χ4n) is 2.83. The Kier molecular flexibility index (Phi) is 5.40. The summed E-state index contributed by atoms with van der Waals surface area (Å²) in [5.74, 6) is -0.0384. The van der Waals surface area contributed by atoms with E-state index in [0.29, 0.717) is 22.6 Å². The van der Waals surface area contributed by atoms with Crippen LogP contribution in [0.4, 0.5) is 11.4 Å². The molecule has 1 heterocycles. The molecule has 1 aliphatic rings. The Bertz CT molecular complexity index is 891. The average molecular weight is 366 g/mol. The molecule has 0 fully saturated rings. The number of carbonyl (C=O) groups is 2. The van der Waals surface area contributed by atoms with Crippen molar-refractivity contribution in [3.05, 3.63) is 53.6 Å². The van der Waals surface area contributed by atoms with Crippen molar-refractivity contribution in [2.45, 2.75) is 13.3 Å². The minimum Gasteiger partial charge on any atom is -0.495 e. The van der Waals surface area contributed by atoms with Gasteiger partial charge in [0.15, 0.2) is 0 Å². The predicted molar refractivity (Wildman–Crippen MR) is 106 cm³/mol. The van der Waals surface area contributed by atoms with E-state index in [-0.39, 0.29) is 11.8 Å². The van der Waals surface area contributed by atoms with Gasteiger partial charge < -0.3 is 15.4 Å². The van der Waals surface area contributed by atoms with Crippen molar-refractivity contribution in [1.29, 1.82) is 0 Å². The average Bonchev–Trinajstić information content (AvgIpc) is 3.13. The zero-order valence-electron chi connectivity index (χ0n) is 15.6. The topological polar surface area (TPSA) is 83.0 Å². The van der Waals surface area contributed by atoms with Crippen molar-refractivity contribution in [3.63, 3.8) is 0 Å². The third-order valence-corrected chi connectivity index (χ3v) is 4.34. The van der Waals surface area contributed by atoms with Crippen LogP contribution in [0.25, 0.3) is 0 Å². The number of carbonyl (C=O) groups excluding carboxylic acids is 2. The molecule has 0 bridgehead atoms. The lowest BCUT2D eigenvalue weighted by atomic mass is 10.1. The molecule has 27 heavy (non-hydrogen) atoms. The Morgan fingerprint density at radius 1 is 1.07 bits per heavy atom. The van der Waals surface area contributed by atoms with Crippen LogP contribution in [0.15, 0.2) is 47.6 Å². The summed E-state index contributed by atoms with van der Waals surface area (Å²) in [6.45, 7) is 2.85. The molecule has 3 rings (SSSR count). The van der Waals surface area contributed by atoms with E-state index in [1.54, 1.807) is 37.4 Å². The molecule has 0 radical (unpaired) electrons. The highest BCUT2D eigenvalue weighted by Crippen LogP contribution is 2.26. The van der Waals surface area contributed by atoms with E-state index >= 15 is 0 Å². The van der Waals surface area contributed by atoms with E-state index in [1.165, 1.54) is 7.11 Å². The first-order chi connectivity index (χ1) is 13.0. The van der Waals surface area contributed by atoms with Crippen LogP contribution >= 0.6 is 0 Å². The van der Waals surface area contributed by atoms with Crippen LogP contribution in [0, 0.1) is 0 Å². The predicted octanol–water partition coefficient (Wildman–Crippen LogP) is 2.89. The number of rotatable bonds is 5. The maximum Gasteiger partial charge on any atom is 0.255 e. The van der Waals surface area contributed by atoms with Crippen molar-refractivity contribution >= 4 is 28.9 Å². The Hall–Kier alpha value is -3.35. The first-order valence-electron chi connectivity index (χ1n) is 8.65. The summed E-state index contributed by atoms with van der Waals surface area (Å²) < 4.78 is 5.28. The molecule has 7 heteroatoms. The summed E-state index contributed by atoms with van der Waals surface area (Å²) >= 11 is 0. The molecular weight excluding hydrogens is 344 g/mol. The summed E-state index contributed by atoms with van der Waals surface area (Å²) in [5, 5.41) is 11.7. The monoisotopic (exact) mass is 366 g/mol. The highest BCUT2D eigenvalue weighted by molar-refractivity contribution is 6.06. The maximum atomic E-state index is 12.6. The number of nitrogens with one attached hydrogen (secondary N) is 2. The van der Waals surface area contributed by atoms with Crippen LogP contribution in [0.1, 0.15) is 34.1 Å². The molecule has 7 nitrogen and oxygen atoms in total. The first kappa shape index (κ1) is 18.4. The van der Waals surface area contributed by atoms with Crippen molar-refractivity contribution in [1.82, 2.24) is 5.32 Å². The number of hydrazone groups is 1. The molecular formula is C20H22N4O3. The summed E-state index contributed by atoms with van der Waals surface area (Å²) in [5.41, 5.74) is 3.42. The first-order valence-corrected chi connectivity index (χ1v) is 8.65. The molecule has 2 aromatic carbocycles. The standard InChI is InChI=1S/C20H22N4O3/c1-13-10-11-24(23-13)16-7-4-14(5-8-16)20(26)22-17-12-15(19(25)21-2)6-9-18(17)27-3/h4-9,12H,10-11H2,1-3H3,(H,21,25)(H,22,26). The number of hydrogen-bond donors (Lipinski definition) is 2. The van der Waals surface area contributed by atoms with Crippen molar-refractivity contribution < 1.29 is 14.3 Å². The van der Waals surface area contributed by atoms with Crippen LogP contribution < -0.4 is 20.4 Å². The van der Waals surface area contributed by atoms with Crippen molar-refractivity contribution in [3.8, 4) is 5.75 Å². The van der Waals surface area contributed by atoms with Crippen LogP contribution in [0.3, 0.4) is 0 Å². The lowest BCUT2D eigenvalue weighted by molar-refractivity contribution is 0.0961. The van der Waals surface area contributed by atoms with Gasteiger partial charge in [0.2, 0.25) is 0 Å². The van der Waals surface area contributed by atoms with Gasteiger partial charge in [0.25, 0.3) is 11.8 Å². The molecule has 2 aromatic rings. The van der Waals surface area contributed by atoms with E-state index in [2.05, 4.69) is 15.7 Å². The Balaban J connectivity index is 1.78. The second kappa shape index (κ2) is 7.90. The van der Waals surface area contributed by atoms with Gasteiger partial charge in [-0.15, -0.1) is 0 Å². The highest BCUT2D eigenvalue weighted by atomic mass is 16.5. The summed E-state index contributed by atoms with van der Waals surface area (Å²) in [6.07, 6.45) is 0.948. The van der Waals surface area contributed by atoms with E-state index < -0.39 is 0 Å². The smallest absolute Gasteiger partial charge is 0.255 e. The number of ether oxygens (including phenoxy) is 1. The minimum atomic E-state index is -0.282. The lowest BCUT2D eigenvalue weighted by Crippen LogP contribution is -2.19. The molecule has 0 saturated heterocycles. The zero-order chi connectivity index (χ0) is 19.4. The molecule has 140 valence electrons. The Morgan fingerprint density at radius 3 is 2.37 bits per heavy atom. The maximum absolute atomic E-state index is 12.6. The van der Waals surface area contributed by atoms with Crippen LogP contribution in [0.2, 0.25) is 0 Å². The minimum absolute atomic E-state index is 0.237. The third kappa shape index (κ3) is 4.08. The van der Waals surface area contributed by atoms with Gasteiger partial charge >= 0.3 is 0 Å². The Labute approximate surface area is 158 Å². The quantitative estimate of drug-likeness (QED) is 0.852. The number of benzene rings is 2. The Morgan fingerprint density at radius 2 is 1.78 bits per heavy atom. The second-order valence-electron chi connectivity index (χ2n) is 6.20. The molecule has 2 N–H and O–H groups in total. The van der Waals surface area contributed by atoms with Gasteiger partial charge in [-0.05, 0) is 49.4 Å². The van der Waals surface area contributed by atoms with Crippen LogP contribution in [-0.4, -0.2) is 38.2 Å². The molecule has 1 aliphatic heterocycles. The van der Waals surface area contributed by atoms with Gasteiger partial charge in [0.05, 0.1) is 18.5 Å². The van der Waals surface area contributed by atoms with Gasteiger partial charge in [-0.25, -0.2) is 0 Å². The van der Waals surface area contributed by atoms with Crippen LogP contribution in [-0.2, 0) is 0 Å². The number of anilines is 2. The second-order valence-corrected chi connectivity index (χ2v) is 6.20. The zero-order valence-corrected chi connectivity index (χ0v) is 15.6. The number of methoxy groups -OCH3 is 1. The normalized spacial score (nSPS) is 13.1. The molecule has 2 amide bonds. The van der Waals surface area contributed by atoms with Gasteiger partial charge in [-0.3, -0.25) is 14.6 Å². The fourth-order valence-corrected chi connectivity index (χ4v) is 2.83. The van der Waals surface area contributed by atoms with Crippen molar-refractivity contribution in [2.24, 2.45) is 5.10 Å². The summed E-state index contributed by atoms with van der Waals surface area (Å²) in [6, 6.07) is 12.1.